The average molecular weight is 235 g/mol. The second-order valence-corrected chi connectivity index (χ2v) is 5.24. The minimum absolute atomic E-state index is 0.296. The Morgan fingerprint density at radius 1 is 1.35 bits per heavy atom. The highest BCUT2D eigenvalue weighted by atomic mass is 16.5. The third kappa shape index (κ3) is 2.99. The van der Waals surface area contributed by atoms with E-state index in [9.17, 15) is 5.11 Å². The van der Waals surface area contributed by atoms with Gasteiger partial charge in [-0.15, -0.1) is 0 Å². The summed E-state index contributed by atoms with van der Waals surface area (Å²) >= 11 is 0. The molecule has 0 aliphatic carbocycles. The van der Waals surface area contributed by atoms with Crippen molar-refractivity contribution >= 4 is 0 Å². The predicted molar refractivity (Wildman–Crippen MR) is 68.1 cm³/mol. The van der Waals surface area contributed by atoms with Crippen molar-refractivity contribution in [3.63, 3.8) is 0 Å². The van der Waals surface area contributed by atoms with Crippen LogP contribution < -0.4 is 5.32 Å². The van der Waals surface area contributed by atoms with E-state index in [1.807, 2.05) is 12.1 Å². The molecule has 0 aromatic heterocycles. The van der Waals surface area contributed by atoms with Gasteiger partial charge in [-0.1, -0.05) is 26.0 Å². The highest BCUT2D eigenvalue weighted by Gasteiger charge is 2.33. The third-order valence-corrected chi connectivity index (χ3v) is 3.38. The zero-order valence-corrected chi connectivity index (χ0v) is 10.6. The first kappa shape index (κ1) is 12.4. The summed E-state index contributed by atoms with van der Waals surface area (Å²) in [6.07, 6.45) is 1.04. The van der Waals surface area contributed by atoms with Crippen LogP contribution >= 0.6 is 0 Å². The lowest BCUT2D eigenvalue weighted by molar-refractivity contribution is -0.100. The van der Waals surface area contributed by atoms with Gasteiger partial charge in [-0.25, -0.2) is 0 Å². The van der Waals surface area contributed by atoms with E-state index in [1.165, 1.54) is 5.56 Å². The van der Waals surface area contributed by atoms with Crippen LogP contribution in [0.4, 0.5) is 0 Å². The normalized spacial score (nSPS) is 19.6. The van der Waals surface area contributed by atoms with Gasteiger partial charge in [-0.05, 0) is 24.1 Å². The van der Waals surface area contributed by atoms with Gasteiger partial charge in [-0.2, -0.15) is 0 Å². The van der Waals surface area contributed by atoms with Crippen LogP contribution in [0.25, 0.3) is 0 Å². The van der Waals surface area contributed by atoms with Crippen LogP contribution in [0.2, 0.25) is 0 Å². The molecule has 3 heteroatoms. The summed E-state index contributed by atoms with van der Waals surface area (Å²) in [4.78, 5) is 0. The number of benzene rings is 1. The van der Waals surface area contributed by atoms with Crippen molar-refractivity contribution in [2.75, 3.05) is 19.8 Å². The molecule has 1 atom stereocenters. The molecular weight excluding hydrogens is 214 g/mol. The molecule has 1 aromatic rings. The molecule has 17 heavy (non-hydrogen) atoms. The molecule has 0 radical (unpaired) electrons. The lowest BCUT2D eigenvalue weighted by Gasteiger charge is -2.39. The first-order valence-electron chi connectivity index (χ1n) is 6.23. The van der Waals surface area contributed by atoms with Crippen molar-refractivity contribution in [1.29, 1.82) is 0 Å². The summed E-state index contributed by atoms with van der Waals surface area (Å²) in [7, 11) is 0. The molecule has 2 N–H and O–H groups in total. The lowest BCUT2D eigenvalue weighted by Crippen LogP contribution is -2.47. The standard InChI is InChI=1S/C14H21NO2/c1-3-13(11-4-6-12(16)7-5-11)15-8-14(2)9-17-10-14/h4-7,13,15-16H,3,8-10H2,1-2H3. The number of hydrogen-bond donors (Lipinski definition) is 2. The van der Waals surface area contributed by atoms with Gasteiger partial charge >= 0.3 is 0 Å². The van der Waals surface area contributed by atoms with Crippen LogP contribution in [0.15, 0.2) is 24.3 Å². The summed E-state index contributed by atoms with van der Waals surface area (Å²) in [5, 5.41) is 12.9. The summed E-state index contributed by atoms with van der Waals surface area (Å²) in [6.45, 7) is 7.10. The average Bonchev–Trinajstić information content (AvgIpc) is 2.30. The van der Waals surface area contributed by atoms with E-state index in [-0.39, 0.29) is 0 Å². The molecule has 0 bridgehead atoms. The van der Waals surface area contributed by atoms with Crippen molar-refractivity contribution in [3.05, 3.63) is 29.8 Å². The fraction of sp³-hybridized carbons (Fsp3) is 0.571. The van der Waals surface area contributed by atoms with E-state index in [4.69, 9.17) is 4.74 Å². The highest BCUT2D eigenvalue weighted by Crippen LogP contribution is 2.27. The molecule has 1 unspecified atom stereocenters. The van der Waals surface area contributed by atoms with E-state index in [2.05, 4.69) is 19.2 Å². The molecule has 1 saturated heterocycles. The van der Waals surface area contributed by atoms with Gasteiger partial charge in [-0.3, -0.25) is 0 Å². The summed E-state index contributed by atoms with van der Waals surface area (Å²) in [5.74, 6) is 0.322. The Labute approximate surface area is 103 Å². The summed E-state index contributed by atoms with van der Waals surface area (Å²) < 4.78 is 5.25. The Morgan fingerprint density at radius 3 is 2.47 bits per heavy atom. The number of aromatic hydroxyl groups is 1. The van der Waals surface area contributed by atoms with Crippen LogP contribution in [0.3, 0.4) is 0 Å². The minimum atomic E-state index is 0.296. The number of hydrogen-bond acceptors (Lipinski definition) is 3. The molecule has 3 nitrogen and oxygen atoms in total. The van der Waals surface area contributed by atoms with Crippen molar-refractivity contribution in [1.82, 2.24) is 5.32 Å². The van der Waals surface area contributed by atoms with Crippen LogP contribution in [0.1, 0.15) is 31.9 Å². The van der Waals surface area contributed by atoms with Crippen LogP contribution in [0, 0.1) is 5.41 Å². The zero-order chi connectivity index (χ0) is 12.3. The third-order valence-electron chi connectivity index (χ3n) is 3.38. The van der Waals surface area contributed by atoms with Crippen molar-refractivity contribution < 1.29 is 9.84 Å². The van der Waals surface area contributed by atoms with E-state index in [0.29, 0.717) is 17.2 Å². The maximum Gasteiger partial charge on any atom is 0.115 e. The first-order chi connectivity index (χ1) is 8.13. The zero-order valence-electron chi connectivity index (χ0n) is 10.6. The van der Waals surface area contributed by atoms with Crippen LogP contribution in [-0.2, 0) is 4.74 Å². The fourth-order valence-corrected chi connectivity index (χ4v) is 2.13. The van der Waals surface area contributed by atoms with Gasteiger partial charge in [0, 0.05) is 18.0 Å². The van der Waals surface area contributed by atoms with Gasteiger partial charge in [0.1, 0.15) is 5.75 Å². The Bertz CT molecular complexity index is 357. The topological polar surface area (TPSA) is 41.5 Å². The number of phenols is 1. The first-order valence-corrected chi connectivity index (χ1v) is 6.23. The maximum atomic E-state index is 9.28. The Balaban J connectivity index is 1.94. The highest BCUT2D eigenvalue weighted by molar-refractivity contribution is 5.28. The van der Waals surface area contributed by atoms with Gasteiger partial charge in [0.25, 0.3) is 0 Å². The minimum Gasteiger partial charge on any atom is -0.508 e. The van der Waals surface area contributed by atoms with Crippen molar-refractivity contribution in [3.8, 4) is 5.75 Å². The van der Waals surface area contributed by atoms with Crippen molar-refractivity contribution in [2.24, 2.45) is 5.41 Å². The number of phenolic OH excluding ortho intramolecular Hbond substituents is 1. The molecule has 94 valence electrons. The van der Waals surface area contributed by atoms with E-state index < -0.39 is 0 Å². The lowest BCUT2D eigenvalue weighted by atomic mass is 9.88. The molecule has 1 heterocycles. The summed E-state index contributed by atoms with van der Waals surface area (Å²) in [6, 6.07) is 7.81. The number of ether oxygens (including phenoxy) is 1. The quantitative estimate of drug-likeness (QED) is 0.823. The Hall–Kier alpha value is -1.06. The van der Waals surface area contributed by atoms with Gasteiger partial charge in [0.2, 0.25) is 0 Å². The maximum absolute atomic E-state index is 9.28. The second-order valence-electron chi connectivity index (χ2n) is 5.24. The Kier molecular flexibility index (Phi) is 3.69. The van der Waals surface area contributed by atoms with Crippen molar-refractivity contribution in [2.45, 2.75) is 26.3 Å². The van der Waals surface area contributed by atoms with Gasteiger partial charge in [0.05, 0.1) is 13.2 Å². The van der Waals surface area contributed by atoms with E-state index in [1.54, 1.807) is 12.1 Å². The van der Waals surface area contributed by atoms with Gasteiger partial charge < -0.3 is 15.2 Å². The molecule has 0 amide bonds. The second kappa shape index (κ2) is 5.07. The fourth-order valence-electron chi connectivity index (χ4n) is 2.13. The van der Waals surface area contributed by atoms with Crippen LogP contribution in [-0.4, -0.2) is 24.9 Å². The molecule has 2 rings (SSSR count). The molecule has 1 fully saturated rings. The Morgan fingerprint density at radius 2 is 2.00 bits per heavy atom. The largest absolute Gasteiger partial charge is 0.508 e. The molecular formula is C14H21NO2. The molecule has 0 spiro atoms. The molecule has 1 aromatic carbocycles. The smallest absolute Gasteiger partial charge is 0.115 e. The SMILES string of the molecule is CCC(NCC1(C)COC1)c1ccc(O)cc1. The van der Waals surface area contributed by atoms with Crippen LogP contribution in [0.5, 0.6) is 5.75 Å². The predicted octanol–water partition coefficient (Wildman–Crippen LogP) is 2.47. The van der Waals surface area contributed by atoms with Gasteiger partial charge in [0.15, 0.2) is 0 Å². The molecule has 0 saturated carbocycles. The number of nitrogens with one attached hydrogen (secondary N) is 1. The van der Waals surface area contributed by atoms with E-state index >= 15 is 0 Å². The molecule has 1 aliphatic heterocycles. The van der Waals surface area contributed by atoms with E-state index in [0.717, 1.165) is 26.2 Å². The summed E-state index contributed by atoms with van der Waals surface area (Å²) in [5.41, 5.74) is 1.53. The number of rotatable bonds is 5. The monoisotopic (exact) mass is 235 g/mol. The molecule has 1 aliphatic rings.